The van der Waals surface area contributed by atoms with E-state index < -0.39 is 5.97 Å². The molecule has 0 aliphatic rings. The van der Waals surface area contributed by atoms with Crippen LogP contribution in [0.15, 0.2) is 54.1 Å². The number of aryl methyl sites for hydroxylation is 1. The topological polar surface area (TPSA) is 57.5 Å². The van der Waals surface area contributed by atoms with Crippen molar-refractivity contribution >= 4 is 29.2 Å². The normalized spacial score (nSPS) is 11.5. The number of fused-ring (bicyclic) bond motifs is 1. The van der Waals surface area contributed by atoms with Crippen molar-refractivity contribution in [2.75, 3.05) is 13.7 Å². The van der Waals surface area contributed by atoms with Gasteiger partial charge in [-0.15, -0.1) is 0 Å². The average molecular weight is 377 g/mol. The fraction of sp³-hybridized carbons (Fsp3) is 0.217. The number of aromatic nitrogens is 1. The molecular weight excluding hydrogens is 354 g/mol. The first-order valence-electron chi connectivity index (χ1n) is 9.13. The number of nitrogens with zero attached hydrogens (tertiary/aromatic N) is 1. The van der Waals surface area contributed by atoms with Gasteiger partial charge in [0.15, 0.2) is 6.29 Å². The van der Waals surface area contributed by atoms with Gasteiger partial charge in [0.05, 0.1) is 31.5 Å². The Morgan fingerprint density at radius 3 is 2.46 bits per heavy atom. The highest BCUT2D eigenvalue weighted by molar-refractivity contribution is 5.96. The van der Waals surface area contributed by atoms with Crippen molar-refractivity contribution in [2.45, 2.75) is 20.4 Å². The number of methoxy groups -OCH3 is 1. The second-order valence-electron chi connectivity index (χ2n) is 6.39. The van der Waals surface area contributed by atoms with E-state index in [1.807, 2.05) is 60.0 Å². The SMILES string of the molecule is CCOC(=O)/C(=C\c1ccc(OC)cc1)Cn1c(C=O)c(C)c2ccccc21. The molecule has 144 valence electrons. The number of hydrogen-bond donors (Lipinski definition) is 0. The molecule has 0 saturated carbocycles. The van der Waals surface area contributed by atoms with Gasteiger partial charge < -0.3 is 14.0 Å². The minimum absolute atomic E-state index is 0.243. The molecule has 0 unspecified atom stereocenters. The molecule has 0 bridgehead atoms. The van der Waals surface area contributed by atoms with Gasteiger partial charge in [0.1, 0.15) is 5.75 Å². The zero-order chi connectivity index (χ0) is 20.1. The van der Waals surface area contributed by atoms with Gasteiger partial charge in [0.2, 0.25) is 0 Å². The van der Waals surface area contributed by atoms with Crippen LogP contribution in [-0.2, 0) is 16.1 Å². The molecule has 28 heavy (non-hydrogen) atoms. The highest BCUT2D eigenvalue weighted by atomic mass is 16.5. The first kappa shape index (κ1) is 19.4. The van der Waals surface area contributed by atoms with Crippen LogP contribution in [0.25, 0.3) is 17.0 Å². The lowest BCUT2D eigenvalue weighted by molar-refractivity contribution is -0.138. The molecule has 5 nitrogen and oxygen atoms in total. The highest BCUT2D eigenvalue weighted by Crippen LogP contribution is 2.26. The summed E-state index contributed by atoms with van der Waals surface area (Å²) in [5.41, 5.74) is 3.69. The van der Waals surface area contributed by atoms with E-state index in [4.69, 9.17) is 9.47 Å². The van der Waals surface area contributed by atoms with Gasteiger partial charge in [-0.3, -0.25) is 4.79 Å². The number of carbonyl (C=O) groups is 2. The summed E-state index contributed by atoms with van der Waals surface area (Å²) in [6.07, 6.45) is 2.63. The largest absolute Gasteiger partial charge is 0.497 e. The highest BCUT2D eigenvalue weighted by Gasteiger charge is 2.18. The van der Waals surface area contributed by atoms with Crippen molar-refractivity contribution in [3.05, 3.63) is 70.9 Å². The van der Waals surface area contributed by atoms with Crippen molar-refractivity contribution in [1.82, 2.24) is 4.57 Å². The van der Waals surface area contributed by atoms with Gasteiger partial charge in [-0.25, -0.2) is 4.79 Å². The lowest BCUT2D eigenvalue weighted by Gasteiger charge is -2.12. The third-order valence-electron chi connectivity index (χ3n) is 4.71. The number of hydrogen-bond acceptors (Lipinski definition) is 4. The smallest absolute Gasteiger partial charge is 0.335 e. The Morgan fingerprint density at radius 1 is 1.11 bits per heavy atom. The first-order valence-corrected chi connectivity index (χ1v) is 9.13. The maximum absolute atomic E-state index is 12.6. The van der Waals surface area contributed by atoms with Crippen LogP contribution in [0.5, 0.6) is 5.75 Å². The molecule has 0 N–H and O–H groups in total. The number of benzene rings is 2. The number of esters is 1. The van der Waals surface area contributed by atoms with Crippen molar-refractivity contribution in [3.63, 3.8) is 0 Å². The summed E-state index contributed by atoms with van der Waals surface area (Å²) in [5.74, 6) is 0.343. The van der Waals surface area contributed by atoms with E-state index >= 15 is 0 Å². The third kappa shape index (κ3) is 3.83. The van der Waals surface area contributed by atoms with Crippen LogP contribution in [0.1, 0.15) is 28.5 Å². The van der Waals surface area contributed by atoms with Crippen LogP contribution in [0, 0.1) is 6.92 Å². The van der Waals surface area contributed by atoms with E-state index in [1.165, 1.54) is 0 Å². The fourth-order valence-electron chi connectivity index (χ4n) is 3.28. The molecule has 0 atom stereocenters. The van der Waals surface area contributed by atoms with E-state index in [1.54, 1.807) is 20.1 Å². The Morgan fingerprint density at radius 2 is 1.82 bits per heavy atom. The van der Waals surface area contributed by atoms with Crippen LogP contribution in [0.4, 0.5) is 0 Å². The predicted molar refractivity (Wildman–Crippen MR) is 110 cm³/mol. The van der Waals surface area contributed by atoms with Crippen LogP contribution in [0.3, 0.4) is 0 Å². The fourth-order valence-corrected chi connectivity index (χ4v) is 3.28. The monoisotopic (exact) mass is 377 g/mol. The Hall–Kier alpha value is -3.34. The minimum atomic E-state index is -0.398. The second-order valence-corrected chi connectivity index (χ2v) is 6.39. The molecule has 3 aromatic rings. The molecule has 0 aliphatic carbocycles. The summed E-state index contributed by atoms with van der Waals surface area (Å²) < 4.78 is 12.3. The average Bonchev–Trinajstić information content (AvgIpc) is 2.99. The van der Waals surface area contributed by atoms with Crippen LogP contribution < -0.4 is 4.74 Å². The number of ether oxygens (including phenoxy) is 2. The zero-order valence-electron chi connectivity index (χ0n) is 16.3. The van der Waals surface area contributed by atoms with Crippen molar-refractivity contribution in [1.29, 1.82) is 0 Å². The third-order valence-corrected chi connectivity index (χ3v) is 4.71. The maximum Gasteiger partial charge on any atom is 0.335 e. The number of para-hydroxylation sites is 1. The van der Waals surface area contributed by atoms with Gasteiger partial charge in [0.25, 0.3) is 0 Å². The molecule has 0 radical (unpaired) electrons. The second kappa shape index (κ2) is 8.57. The molecule has 1 aromatic heterocycles. The Labute approximate surface area is 164 Å². The Balaban J connectivity index is 2.07. The number of rotatable bonds is 7. The van der Waals surface area contributed by atoms with Crippen molar-refractivity contribution in [3.8, 4) is 5.75 Å². The van der Waals surface area contributed by atoms with E-state index in [-0.39, 0.29) is 13.2 Å². The summed E-state index contributed by atoms with van der Waals surface area (Å²) in [4.78, 5) is 24.4. The molecule has 5 heteroatoms. The predicted octanol–water partition coefficient (Wildman–Crippen LogP) is 4.42. The van der Waals surface area contributed by atoms with E-state index in [0.717, 1.165) is 34.1 Å². The Kier molecular flexibility index (Phi) is 5.94. The summed E-state index contributed by atoms with van der Waals surface area (Å²) >= 11 is 0. The zero-order valence-corrected chi connectivity index (χ0v) is 16.3. The van der Waals surface area contributed by atoms with Crippen LogP contribution in [-0.4, -0.2) is 30.5 Å². The Bertz CT molecular complexity index is 1030. The molecule has 0 aliphatic heterocycles. The standard InChI is InChI=1S/C23H23NO4/c1-4-28-23(26)18(13-17-9-11-19(27-3)12-10-17)14-24-21-8-6-5-7-20(21)16(2)22(24)15-25/h5-13,15H,4,14H2,1-3H3/b18-13-. The van der Waals surface area contributed by atoms with Gasteiger partial charge in [0, 0.05) is 10.9 Å². The molecule has 0 spiro atoms. The minimum Gasteiger partial charge on any atom is -0.497 e. The summed E-state index contributed by atoms with van der Waals surface area (Å²) in [5, 5.41) is 0.997. The lowest BCUT2D eigenvalue weighted by atomic mass is 10.1. The number of aldehydes is 1. The molecule has 0 fully saturated rings. The quantitative estimate of drug-likeness (QED) is 0.347. The van der Waals surface area contributed by atoms with Gasteiger partial charge in [-0.05, 0) is 49.2 Å². The lowest BCUT2D eigenvalue weighted by Crippen LogP contribution is -2.15. The van der Waals surface area contributed by atoms with Gasteiger partial charge in [-0.1, -0.05) is 30.3 Å². The van der Waals surface area contributed by atoms with Gasteiger partial charge >= 0.3 is 5.97 Å². The van der Waals surface area contributed by atoms with Crippen molar-refractivity contribution in [2.24, 2.45) is 0 Å². The molecule has 2 aromatic carbocycles. The summed E-state index contributed by atoms with van der Waals surface area (Å²) in [6.45, 7) is 4.22. The molecule has 0 saturated heterocycles. The number of carbonyl (C=O) groups excluding carboxylic acids is 2. The molecule has 0 amide bonds. The van der Waals surface area contributed by atoms with E-state index in [9.17, 15) is 9.59 Å². The van der Waals surface area contributed by atoms with E-state index in [0.29, 0.717) is 11.3 Å². The maximum atomic E-state index is 12.6. The summed E-state index contributed by atoms with van der Waals surface area (Å²) in [7, 11) is 1.61. The molecular formula is C23H23NO4. The van der Waals surface area contributed by atoms with E-state index in [2.05, 4.69) is 0 Å². The van der Waals surface area contributed by atoms with Gasteiger partial charge in [-0.2, -0.15) is 0 Å². The molecule has 1 heterocycles. The van der Waals surface area contributed by atoms with Crippen LogP contribution in [0.2, 0.25) is 0 Å². The van der Waals surface area contributed by atoms with Crippen molar-refractivity contribution < 1.29 is 19.1 Å². The molecule has 3 rings (SSSR count). The summed E-state index contributed by atoms with van der Waals surface area (Å²) in [6, 6.07) is 15.2. The van der Waals surface area contributed by atoms with Crippen LogP contribution >= 0.6 is 0 Å². The first-order chi connectivity index (χ1) is 13.6.